The number of piperidine rings is 1. The third kappa shape index (κ3) is 3.72. The predicted octanol–water partition coefficient (Wildman–Crippen LogP) is 3.57. The summed E-state index contributed by atoms with van der Waals surface area (Å²) in [7, 11) is 0. The minimum Gasteiger partial charge on any atom is -0.444 e. The maximum atomic E-state index is 13.2. The molecule has 4 saturated carbocycles. The number of hydrogen-bond donors (Lipinski definition) is 1. The Labute approximate surface area is 157 Å². The largest absolute Gasteiger partial charge is 0.444 e. The Hall–Kier alpha value is -1.26. The summed E-state index contributed by atoms with van der Waals surface area (Å²) in [6.45, 7) is 7.15. The minimum atomic E-state index is -0.472. The van der Waals surface area contributed by atoms with Gasteiger partial charge in [-0.05, 0) is 89.4 Å². The molecule has 146 valence electrons. The first-order valence-corrected chi connectivity index (χ1v) is 10.6. The zero-order chi connectivity index (χ0) is 18.5. The number of rotatable bonds is 2. The van der Waals surface area contributed by atoms with Gasteiger partial charge < -0.3 is 15.0 Å². The van der Waals surface area contributed by atoms with Crippen LogP contribution in [0.2, 0.25) is 0 Å². The molecule has 5 nitrogen and oxygen atoms in total. The molecule has 0 radical (unpaired) electrons. The smallest absolute Gasteiger partial charge is 0.407 e. The van der Waals surface area contributed by atoms with Crippen LogP contribution in [0.15, 0.2) is 0 Å². The molecule has 2 amide bonds. The van der Waals surface area contributed by atoms with Crippen molar-refractivity contribution in [1.82, 2.24) is 10.2 Å². The van der Waals surface area contributed by atoms with E-state index in [1.54, 1.807) is 0 Å². The van der Waals surface area contributed by atoms with Crippen molar-refractivity contribution < 1.29 is 14.3 Å². The number of nitrogens with one attached hydrogen (secondary N) is 1. The van der Waals surface area contributed by atoms with Crippen molar-refractivity contribution in [2.75, 3.05) is 13.1 Å². The highest BCUT2D eigenvalue weighted by Gasteiger charge is 2.51. The van der Waals surface area contributed by atoms with E-state index in [1.807, 2.05) is 20.8 Å². The molecule has 0 unspecified atom stereocenters. The first-order chi connectivity index (χ1) is 12.3. The lowest BCUT2D eigenvalue weighted by Crippen LogP contribution is -2.54. The molecule has 5 heteroatoms. The van der Waals surface area contributed by atoms with Gasteiger partial charge in [0.15, 0.2) is 0 Å². The van der Waals surface area contributed by atoms with Crippen LogP contribution in [0.4, 0.5) is 4.79 Å². The first-order valence-electron chi connectivity index (χ1n) is 10.6. The van der Waals surface area contributed by atoms with Gasteiger partial charge in [-0.3, -0.25) is 4.79 Å². The minimum absolute atomic E-state index is 0.118. The lowest BCUT2D eigenvalue weighted by molar-refractivity contribution is -0.150. The molecular formula is C21H34N2O3. The predicted molar refractivity (Wildman–Crippen MR) is 99.5 cm³/mol. The van der Waals surface area contributed by atoms with Crippen molar-refractivity contribution in [2.45, 2.75) is 77.4 Å². The van der Waals surface area contributed by atoms with E-state index in [1.165, 1.54) is 32.1 Å². The third-order valence-electron chi connectivity index (χ3n) is 7.04. The molecule has 26 heavy (non-hydrogen) atoms. The second-order valence-corrected chi connectivity index (χ2v) is 10.2. The summed E-state index contributed by atoms with van der Waals surface area (Å²) < 4.78 is 5.34. The van der Waals surface area contributed by atoms with Gasteiger partial charge in [-0.2, -0.15) is 0 Å². The Morgan fingerprint density at radius 2 is 1.46 bits per heavy atom. The van der Waals surface area contributed by atoms with Gasteiger partial charge in [-0.15, -0.1) is 0 Å². The van der Waals surface area contributed by atoms with Crippen LogP contribution < -0.4 is 5.32 Å². The summed E-state index contributed by atoms with van der Waals surface area (Å²) in [5, 5.41) is 2.97. The maximum Gasteiger partial charge on any atom is 0.407 e. The van der Waals surface area contributed by atoms with Gasteiger partial charge in [0.1, 0.15) is 5.60 Å². The van der Waals surface area contributed by atoms with Gasteiger partial charge in [0, 0.05) is 25.0 Å². The fourth-order valence-electron chi connectivity index (χ4n) is 6.26. The quantitative estimate of drug-likeness (QED) is 0.817. The Morgan fingerprint density at radius 1 is 0.923 bits per heavy atom. The SMILES string of the molecule is CC(C)(C)OC(=O)NC1CCN(C(=O)C2C3CC4CC(C3)CC2C4)CC1. The summed E-state index contributed by atoms with van der Waals surface area (Å²) in [6, 6.07) is 0.118. The van der Waals surface area contributed by atoms with Gasteiger partial charge >= 0.3 is 6.09 Å². The molecule has 1 N–H and O–H groups in total. The number of likely N-dealkylation sites (tertiary alicyclic amines) is 1. The van der Waals surface area contributed by atoms with Crippen LogP contribution in [-0.2, 0) is 9.53 Å². The van der Waals surface area contributed by atoms with Crippen molar-refractivity contribution in [3.63, 3.8) is 0 Å². The van der Waals surface area contributed by atoms with Crippen LogP contribution in [0.1, 0.15) is 65.7 Å². The number of amides is 2. The molecule has 4 bridgehead atoms. The fourth-order valence-corrected chi connectivity index (χ4v) is 6.26. The Morgan fingerprint density at radius 3 is 1.96 bits per heavy atom. The van der Waals surface area contributed by atoms with E-state index in [-0.39, 0.29) is 18.1 Å². The number of carbonyl (C=O) groups excluding carboxylic acids is 2. The van der Waals surface area contributed by atoms with Crippen molar-refractivity contribution in [2.24, 2.45) is 29.6 Å². The summed E-state index contributed by atoms with van der Waals surface area (Å²) >= 11 is 0. The summed E-state index contributed by atoms with van der Waals surface area (Å²) in [5.74, 6) is 3.82. The van der Waals surface area contributed by atoms with Crippen LogP contribution in [0, 0.1) is 29.6 Å². The molecule has 5 aliphatic rings. The van der Waals surface area contributed by atoms with Gasteiger partial charge in [0.05, 0.1) is 0 Å². The molecule has 5 rings (SSSR count). The average molecular weight is 363 g/mol. The highest BCUT2D eigenvalue weighted by atomic mass is 16.6. The van der Waals surface area contributed by atoms with E-state index in [0.717, 1.165) is 37.8 Å². The first kappa shape index (κ1) is 18.1. The van der Waals surface area contributed by atoms with E-state index in [0.29, 0.717) is 17.7 Å². The van der Waals surface area contributed by atoms with Crippen molar-refractivity contribution in [1.29, 1.82) is 0 Å². The van der Waals surface area contributed by atoms with Crippen LogP contribution >= 0.6 is 0 Å². The van der Waals surface area contributed by atoms with Gasteiger partial charge in [-0.25, -0.2) is 4.79 Å². The molecule has 5 fully saturated rings. The number of ether oxygens (including phenoxy) is 1. The normalized spacial score (nSPS) is 36.9. The van der Waals surface area contributed by atoms with Gasteiger partial charge in [-0.1, -0.05) is 0 Å². The van der Waals surface area contributed by atoms with Crippen molar-refractivity contribution in [3.05, 3.63) is 0 Å². The van der Waals surface area contributed by atoms with E-state index >= 15 is 0 Å². The molecular weight excluding hydrogens is 328 g/mol. The zero-order valence-corrected chi connectivity index (χ0v) is 16.5. The molecule has 0 spiro atoms. The van der Waals surface area contributed by atoms with Crippen molar-refractivity contribution in [3.8, 4) is 0 Å². The Bertz CT molecular complexity index is 532. The molecule has 0 aromatic heterocycles. The monoisotopic (exact) mass is 362 g/mol. The summed E-state index contributed by atoms with van der Waals surface area (Å²) in [6.07, 6.45) is 7.91. The molecule has 1 saturated heterocycles. The lowest BCUT2D eigenvalue weighted by atomic mass is 9.51. The van der Waals surface area contributed by atoms with Crippen LogP contribution in [0.5, 0.6) is 0 Å². The Kier molecular flexibility index (Phi) is 4.68. The van der Waals surface area contributed by atoms with Gasteiger partial charge in [0.25, 0.3) is 0 Å². The number of hydrogen-bond acceptors (Lipinski definition) is 3. The number of nitrogens with zero attached hydrogens (tertiary/aromatic N) is 1. The lowest BCUT2D eigenvalue weighted by Gasteiger charge is -2.54. The highest BCUT2D eigenvalue weighted by molar-refractivity contribution is 5.80. The third-order valence-corrected chi connectivity index (χ3v) is 7.04. The van der Waals surface area contributed by atoms with Crippen molar-refractivity contribution >= 4 is 12.0 Å². The second kappa shape index (κ2) is 6.72. The second-order valence-electron chi connectivity index (χ2n) is 10.2. The zero-order valence-electron chi connectivity index (χ0n) is 16.5. The molecule has 1 heterocycles. The van der Waals surface area contributed by atoms with E-state index in [9.17, 15) is 9.59 Å². The van der Waals surface area contributed by atoms with E-state index < -0.39 is 5.60 Å². The molecule has 0 aromatic carbocycles. The standard InChI is InChI=1S/C21H34N2O3/c1-21(2,3)26-20(25)22-17-4-6-23(7-5-17)19(24)18-15-9-13-8-14(11-15)12-16(18)10-13/h13-18H,4-12H2,1-3H3,(H,22,25). The number of carbonyl (C=O) groups is 2. The van der Waals surface area contributed by atoms with E-state index in [4.69, 9.17) is 4.74 Å². The average Bonchev–Trinajstić information content (AvgIpc) is 2.52. The number of alkyl carbamates (subject to hydrolysis) is 1. The summed E-state index contributed by atoms with van der Waals surface area (Å²) in [5.41, 5.74) is -0.472. The van der Waals surface area contributed by atoms with Crippen LogP contribution in [-0.4, -0.2) is 41.6 Å². The molecule has 4 aliphatic carbocycles. The molecule has 1 aliphatic heterocycles. The van der Waals surface area contributed by atoms with E-state index in [2.05, 4.69) is 10.2 Å². The maximum absolute atomic E-state index is 13.2. The Balaban J connectivity index is 1.28. The van der Waals surface area contributed by atoms with Gasteiger partial charge in [0.2, 0.25) is 5.91 Å². The summed E-state index contributed by atoms with van der Waals surface area (Å²) in [4.78, 5) is 27.2. The highest BCUT2D eigenvalue weighted by Crippen LogP contribution is 2.56. The topological polar surface area (TPSA) is 58.6 Å². The van der Waals surface area contributed by atoms with Crippen LogP contribution in [0.3, 0.4) is 0 Å². The van der Waals surface area contributed by atoms with Crippen LogP contribution in [0.25, 0.3) is 0 Å². The molecule has 0 aromatic rings. The molecule has 0 atom stereocenters. The fraction of sp³-hybridized carbons (Fsp3) is 0.905.